The summed E-state index contributed by atoms with van der Waals surface area (Å²) in [6, 6.07) is 4.73. The van der Waals surface area contributed by atoms with Crippen molar-refractivity contribution in [3.05, 3.63) is 52.6 Å². The summed E-state index contributed by atoms with van der Waals surface area (Å²) in [7, 11) is 1.18. The maximum absolute atomic E-state index is 14.1. The third kappa shape index (κ3) is 3.00. The number of halogens is 2. The Morgan fingerprint density at radius 1 is 1.29 bits per heavy atom. The smallest absolute Gasteiger partial charge is 0.337 e. The monoisotopic (exact) mass is 309 g/mol. The summed E-state index contributed by atoms with van der Waals surface area (Å²) >= 11 is 5.64. The first kappa shape index (κ1) is 14.9. The minimum absolute atomic E-state index is 0.00391. The van der Waals surface area contributed by atoms with Gasteiger partial charge in [-0.25, -0.2) is 19.0 Å². The predicted molar refractivity (Wildman–Crippen MR) is 72.9 cm³/mol. The normalized spacial score (nSPS) is 10.2. The molecule has 0 saturated carbocycles. The van der Waals surface area contributed by atoms with E-state index >= 15 is 0 Å². The summed E-state index contributed by atoms with van der Waals surface area (Å²) < 4.78 is 18.6. The molecule has 0 radical (unpaired) electrons. The molecule has 0 aliphatic rings. The number of methoxy groups -OCH3 is 1. The molecule has 0 spiro atoms. The first-order valence-electron chi connectivity index (χ1n) is 5.71. The van der Waals surface area contributed by atoms with Gasteiger partial charge in [-0.15, -0.1) is 0 Å². The topological polar surface area (TPSA) is 76.5 Å². The number of carboxylic acids is 1. The van der Waals surface area contributed by atoms with E-state index in [1.165, 1.54) is 25.4 Å². The number of carbonyl (C=O) groups excluding carboxylic acids is 1. The van der Waals surface area contributed by atoms with Crippen LogP contribution >= 0.6 is 11.6 Å². The average molecular weight is 310 g/mol. The first-order chi connectivity index (χ1) is 9.93. The van der Waals surface area contributed by atoms with Crippen LogP contribution in [0.3, 0.4) is 0 Å². The largest absolute Gasteiger partial charge is 0.478 e. The van der Waals surface area contributed by atoms with E-state index in [4.69, 9.17) is 16.7 Å². The van der Waals surface area contributed by atoms with Gasteiger partial charge in [-0.05, 0) is 18.2 Å². The highest BCUT2D eigenvalue weighted by atomic mass is 35.5. The summed E-state index contributed by atoms with van der Waals surface area (Å²) in [5.41, 5.74) is -0.0812. The molecule has 0 saturated heterocycles. The molecule has 5 nitrogen and oxygen atoms in total. The molecule has 21 heavy (non-hydrogen) atoms. The van der Waals surface area contributed by atoms with Gasteiger partial charge in [-0.3, -0.25) is 0 Å². The fraction of sp³-hybridized carbons (Fsp3) is 0.0714. The Morgan fingerprint density at radius 3 is 2.57 bits per heavy atom. The van der Waals surface area contributed by atoms with Crippen LogP contribution in [-0.4, -0.2) is 29.1 Å². The summed E-state index contributed by atoms with van der Waals surface area (Å²) in [4.78, 5) is 26.3. The highest BCUT2D eigenvalue weighted by Gasteiger charge is 2.17. The fourth-order valence-electron chi connectivity index (χ4n) is 1.80. The Kier molecular flexibility index (Phi) is 4.18. The van der Waals surface area contributed by atoms with Crippen molar-refractivity contribution in [1.82, 2.24) is 4.98 Å². The molecule has 0 aliphatic heterocycles. The zero-order chi connectivity index (χ0) is 15.6. The maximum Gasteiger partial charge on any atom is 0.337 e. The van der Waals surface area contributed by atoms with Gasteiger partial charge in [0.2, 0.25) is 0 Å². The molecule has 0 unspecified atom stereocenters. The summed E-state index contributed by atoms with van der Waals surface area (Å²) in [5, 5.41) is 9.13. The zero-order valence-electron chi connectivity index (χ0n) is 10.8. The number of pyridine rings is 1. The van der Waals surface area contributed by atoms with Crippen LogP contribution in [0.15, 0.2) is 30.5 Å². The van der Waals surface area contributed by atoms with Gasteiger partial charge in [0, 0.05) is 17.3 Å². The number of benzene rings is 1. The van der Waals surface area contributed by atoms with Crippen molar-refractivity contribution >= 4 is 23.5 Å². The van der Waals surface area contributed by atoms with E-state index < -0.39 is 17.8 Å². The van der Waals surface area contributed by atoms with Gasteiger partial charge in [0.25, 0.3) is 0 Å². The van der Waals surface area contributed by atoms with Gasteiger partial charge in [-0.2, -0.15) is 0 Å². The average Bonchev–Trinajstić information content (AvgIpc) is 2.46. The fourth-order valence-corrected chi connectivity index (χ4v) is 1.96. The standard InChI is InChI=1S/C14H9ClFNO4/c1-21-14(20)7-2-3-8(11(16)4-7)10-6-17-12(15)5-9(10)13(18)19/h2-6H,1H3,(H,18,19). The van der Waals surface area contributed by atoms with Gasteiger partial charge in [0.15, 0.2) is 0 Å². The van der Waals surface area contributed by atoms with Crippen LogP contribution in [0, 0.1) is 5.82 Å². The van der Waals surface area contributed by atoms with Crippen molar-refractivity contribution < 1.29 is 23.8 Å². The van der Waals surface area contributed by atoms with Crippen LogP contribution in [0.1, 0.15) is 20.7 Å². The molecule has 1 heterocycles. The lowest BCUT2D eigenvalue weighted by Gasteiger charge is -2.08. The molecule has 2 aromatic rings. The molecular formula is C14H9ClFNO4. The number of carbonyl (C=O) groups is 2. The van der Waals surface area contributed by atoms with Crippen molar-refractivity contribution in [2.75, 3.05) is 7.11 Å². The third-order valence-electron chi connectivity index (χ3n) is 2.78. The van der Waals surface area contributed by atoms with E-state index in [1.54, 1.807) is 0 Å². The summed E-state index contributed by atoms with van der Waals surface area (Å²) in [6.07, 6.45) is 1.17. The highest BCUT2D eigenvalue weighted by molar-refractivity contribution is 6.29. The maximum atomic E-state index is 14.1. The number of aromatic carboxylic acids is 1. The van der Waals surface area contributed by atoms with Crippen LogP contribution in [0.25, 0.3) is 11.1 Å². The van der Waals surface area contributed by atoms with Crippen molar-refractivity contribution in [1.29, 1.82) is 0 Å². The van der Waals surface area contributed by atoms with Crippen LogP contribution in [-0.2, 0) is 4.74 Å². The SMILES string of the molecule is COC(=O)c1ccc(-c2cnc(Cl)cc2C(=O)O)c(F)c1. The lowest BCUT2D eigenvalue weighted by molar-refractivity contribution is 0.0599. The quantitative estimate of drug-likeness (QED) is 0.696. The summed E-state index contributed by atoms with van der Waals surface area (Å²) in [5.74, 6) is -2.71. The lowest BCUT2D eigenvalue weighted by Crippen LogP contribution is -2.04. The molecule has 108 valence electrons. The van der Waals surface area contributed by atoms with Crippen LogP contribution in [0.5, 0.6) is 0 Å². The van der Waals surface area contributed by atoms with E-state index in [1.807, 2.05) is 0 Å². The van der Waals surface area contributed by atoms with E-state index in [0.29, 0.717) is 0 Å². The zero-order valence-corrected chi connectivity index (χ0v) is 11.5. The molecule has 1 aromatic carbocycles. The van der Waals surface area contributed by atoms with Crippen molar-refractivity contribution in [3.8, 4) is 11.1 Å². The molecule has 1 N–H and O–H groups in total. The molecule has 0 aliphatic carbocycles. The molecule has 0 bridgehead atoms. The van der Waals surface area contributed by atoms with E-state index in [9.17, 15) is 14.0 Å². The Bertz CT molecular complexity index is 733. The van der Waals surface area contributed by atoms with Gasteiger partial charge < -0.3 is 9.84 Å². The minimum atomic E-state index is -1.26. The third-order valence-corrected chi connectivity index (χ3v) is 2.99. The molecule has 1 aromatic heterocycles. The second-order valence-corrected chi connectivity index (χ2v) is 4.43. The number of aromatic nitrogens is 1. The van der Waals surface area contributed by atoms with Crippen LogP contribution in [0.2, 0.25) is 5.15 Å². The Morgan fingerprint density at radius 2 is 2.00 bits per heavy atom. The van der Waals surface area contributed by atoms with Crippen molar-refractivity contribution in [2.45, 2.75) is 0 Å². The number of ether oxygens (including phenoxy) is 1. The number of hydrogen-bond acceptors (Lipinski definition) is 4. The molecule has 0 atom stereocenters. The Hall–Kier alpha value is -2.47. The Balaban J connectivity index is 2.58. The molecule has 7 heteroatoms. The van der Waals surface area contributed by atoms with Gasteiger partial charge in [0.05, 0.1) is 18.2 Å². The number of hydrogen-bond donors (Lipinski definition) is 1. The highest BCUT2D eigenvalue weighted by Crippen LogP contribution is 2.28. The second-order valence-electron chi connectivity index (χ2n) is 4.04. The minimum Gasteiger partial charge on any atom is -0.478 e. The van der Waals surface area contributed by atoms with E-state index in [0.717, 1.165) is 12.1 Å². The van der Waals surface area contributed by atoms with Gasteiger partial charge >= 0.3 is 11.9 Å². The van der Waals surface area contributed by atoms with Crippen LogP contribution in [0.4, 0.5) is 4.39 Å². The number of esters is 1. The molecule has 2 rings (SSSR count). The van der Waals surface area contributed by atoms with E-state index in [-0.39, 0.29) is 27.4 Å². The van der Waals surface area contributed by atoms with Gasteiger partial charge in [-0.1, -0.05) is 17.7 Å². The van der Waals surface area contributed by atoms with Crippen LogP contribution < -0.4 is 0 Å². The van der Waals surface area contributed by atoms with Crippen molar-refractivity contribution in [2.24, 2.45) is 0 Å². The molecule has 0 amide bonds. The Labute approximate surface area is 124 Å². The van der Waals surface area contributed by atoms with Crippen molar-refractivity contribution in [3.63, 3.8) is 0 Å². The number of carboxylic acid groups (broad SMARTS) is 1. The number of nitrogens with zero attached hydrogens (tertiary/aromatic N) is 1. The van der Waals surface area contributed by atoms with Gasteiger partial charge in [0.1, 0.15) is 11.0 Å². The summed E-state index contributed by atoms with van der Waals surface area (Å²) in [6.45, 7) is 0. The molecular weight excluding hydrogens is 301 g/mol. The lowest BCUT2D eigenvalue weighted by atomic mass is 10.00. The first-order valence-corrected chi connectivity index (χ1v) is 6.09. The number of rotatable bonds is 3. The predicted octanol–water partition coefficient (Wildman–Crippen LogP) is 3.03. The molecule has 0 fully saturated rings. The van der Waals surface area contributed by atoms with E-state index in [2.05, 4.69) is 9.72 Å². The second kappa shape index (κ2) is 5.88.